The Labute approximate surface area is 116 Å². The number of aliphatic carboxylic acids is 1. The predicted molar refractivity (Wildman–Crippen MR) is 74.2 cm³/mol. The summed E-state index contributed by atoms with van der Waals surface area (Å²) in [5.74, 6) is 1.45. The van der Waals surface area contributed by atoms with E-state index in [0.29, 0.717) is 17.1 Å². The lowest BCUT2D eigenvalue weighted by Gasteiger charge is -2.27. The van der Waals surface area contributed by atoms with E-state index in [1.165, 1.54) is 0 Å². The minimum atomic E-state index is -0.933. The van der Waals surface area contributed by atoms with Crippen LogP contribution in [0.15, 0.2) is 18.2 Å². The van der Waals surface area contributed by atoms with Crippen LogP contribution in [-0.2, 0) is 4.79 Å². The fourth-order valence-corrected chi connectivity index (χ4v) is 2.41. The molecule has 1 heterocycles. The Balaban J connectivity index is 2.25. The highest BCUT2D eigenvalue weighted by molar-refractivity contribution is 8.00. The van der Waals surface area contributed by atoms with Crippen LogP contribution in [0.2, 0.25) is 0 Å². The fourth-order valence-electron chi connectivity index (χ4n) is 1.84. The van der Waals surface area contributed by atoms with Crippen LogP contribution in [0.25, 0.3) is 0 Å². The summed E-state index contributed by atoms with van der Waals surface area (Å²) in [6.45, 7) is 0.0559. The Morgan fingerprint density at radius 2 is 2.26 bits per heavy atom. The standard InChI is InChI=1S/C13H17NO4S/c1-17-11-3-2-8(10(5-14)13(15)16)4-12(11)18-9-6-19-7-9/h2-4,9-10H,5-7,14H2,1H3,(H,15,16). The molecule has 1 aliphatic rings. The first kappa shape index (κ1) is 14.0. The smallest absolute Gasteiger partial charge is 0.312 e. The van der Waals surface area contributed by atoms with Gasteiger partial charge in [0.2, 0.25) is 0 Å². The Morgan fingerprint density at radius 3 is 2.74 bits per heavy atom. The quantitative estimate of drug-likeness (QED) is 0.819. The van der Waals surface area contributed by atoms with Gasteiger partial charge in [-0.25, -0.2) is 0 Å². The monoisotopic (exact) mass is 283 g/mol. The largest absolute Gasteiger partial charge is 0.493 e. The third kappa shape index (κ3) is 3.13. The average molecular weight is 283 g/mol. The van der Waals surface area contributed by atoms with Gasteiger partial charge >= 0.3 is 5.97 Å². The van der Waals surface area contributed by atoms with Crippen molar-refractivity contribution in [2.45, 2.75) is 12.0 Å². The summed E-state index contributed by atoms with van der Waals surface area (Å²) in [6, 6.07) is 5.16. The maximum Gasteiger partial charge on any atom is 0.312 e. The van der Waals surface area contributed by atoms with Gasteiger partial charge in [0.15, 0.2) is 11.5 Å². The number of benzene rings is 1. The number of methoxy groups -OCH3 is 1. The first-order valence-corrected chi connectivity index (χ1v) is 7.16. The minimum Gasteiger partial charge on any atom is -0.493 e. The highest BCUT2D eigenvalue weighted by Gasteiger charge is 2.24. The van der Waals surface area contributed by atoms with Gasteiger partial charge in [0.05, 0.1) is 13.0 Å². The summed E-state index contributed by atoms with van der Waals surface area (Å²) in [7, 11) is 1.56. The number of thioether (sulfide) groups is 1. The molecule has 0 saturated carbocycles. The van der Waals surface area contributed by atoms with Crippen molar-refractivity contribution in [1.82, 2.24) is 0 Å². The average Bonchev–Trinajstić information content (AvgIpc) is 2.34. The molecular formula is C13H17NO4S. The summed E-state index contributed by atoms with van der Waals surface area (Å²) in [4.78, 5) is 11.1. The zero-order valence-corrected chi connectivity index (χ0v) is 11.5. The van der Waals surface area contributed by atoms with Crippen LogP contribution in [0.5, 0.6) is 11.5 Å². The summed E-state index contributed by atoms with van der Waals surface area (Å²) in [5.41, 5.74) is 6.15. The number of rotatable bonds is 6. The molecular weight excluding hydrogens is 266 g/mol. The molecule has 1 aliphatic heterocycles. The summed E-state index contributed by atoms with van der Waals surface area (Å²) >= 11 is 1.82. The van der Waals surface area contributed by atoms with E-state index < -0.39 is 11.9 Å². The van der Waals surface area contributed by atoms with Crippen molar-refractivity contribution >= 4 is 17.7 Å². The van der Waals surface area contributed by atoms with Gasteiger partial charge in [0.25, 0.3) is 0 Å². The molecule has 1 aromatic carbocycles. The Hall–Kier alpha value is -1.40. The molecule has 3 N–H and O–H groups in total. The Kier molecular flexibility index (Phi) is 4.55. The first-order valence-electron chi connectivity index (χ1n) is 6.01. The Bertz CT molecular complexity index is 462. The molecule has 5 nitrogen and oxygen atoms in total. The second-order valence-electron chi connectivity index (χ2n) is 4.31. The zero-order chi connectivity index (χ0) is 13.8. The number of hydrogen-bond acceptors (Lipinski definition) is 5. The molecule has 1 atom stereocenters. The van der Waals surface area contributed by atoms with E-state index in [9.17, 15) is 4.79 Å². The summed E-state index contributed by atoms with van der Waals surface area (Å²) in [6.07, 6.45) is 0.176. The topological polar surface area (TPSA) is 81.8 Å². The lowest BCUT2D eigenvalue weighted by Crippen LogP contribution is -2.31. The van der Waals surface area contributed by atoms with Crippen molar-refractivity contribution in [3.05, 3.63) is 23.8 Å². The molecule has 1 aromatic rings. The second-order valence-corrected chi connectivity index (χ2v) is 5.39. The van der Waals surface area contributed by atoms with E-state index in [2.05, 4.69) is 0 Å². The molecule has 2 rings (SSSR count). The zero-order valence-electron chi connectivity index (χ0n) is 10.7. The van der Waals surface area contributed by atoms with Crippen LogP contribution >= 0.6 is 11.8 Å². The van der Waals surface area contributed by atoms with Crippen LogP contribution in [0.4, 0.5) is 0 Å². The molecule has 0 spiro atoms. The number of nitrogens with two attached hydrogens (primary N) is 1. The molecule has 0 aromatic heterocycles. The van der Waals surface area contributed by atoms with Crippen molar-refractivity contribution in [2.75, 3.05) is 25.2 Å². The van der Waals surface area contributed by atoms with E-state index in [-0.39, 0.29) is 12.6 Å². The van der Waals surface area contributed by atoms with Gasteiger partial charge in [-0.3, -0.25) is 4.79 Å². The number of carboxylic acid groups (broad SMARTS) is 1. The van der Waals surface area contributed by atoms with Crippen LogP contribution in [0, 0.1) is 0 Å². The van der Waals surface area contributed by atoms with E-state index in [1.807, 2.05) is 11.8 Å². The van der Waals surface area contributed by atoms with Crippen molar-refractivity contribution < 1.29 is 19.4 Å². The molecule has 6 heteroatoms. The summed E-state index contributed by atoms with van der Waals surface area (Å²) in [5, 5.41) is 9.13. The first-order chi connectivity index (χ1) is 9.15. The molecule has 1 fully saturated rings. The van der Waals surface area contributed by atoms with Gasteiger partial charge in [0, 0.05) is 18.1 Å². The maximum atomic E-state index is 11.1. The van der Waals surface area contributed by atoms with E-state index in [0.717, 1.165) is 11.5 Å². The van der Waals surface area contributed by atoms with Gasteiger partial charge < -0.3 is 20.3 Å². The number of carbonyl (C=O) groups is 1. The molecule has 0 aliphatic carbocycles. The number of carboxylic acids is 1. The van der Waals surface area contributed by atoms with Gasteiger partial charge in [-0.2, -0.15) is 11.8 Å². The molecule has 0 bridgehead atoms. The summed E-state index contributed by atoms with van der Waals surface area (Å²) < 4.78 is 11.0. The third-order valence-electron chi connectivity index (χ3n) is 3.02. The van der Waals surface area contributed by atoms with E-state index in [4.69, 9.17) is 20.3 Å². The molecule has 0 amide bonds. The molecule has 104 valence electrons. The van der Waals surface area contributed by atoms with Crippen molar-refractivity contribution in [3.63, 3.8) is 0 Å². The third-order valence-corrected chi connectivity index (χ3v) is 4.24. The maximum absolute atomic E-state index is 11.1. The van der Waals surface area contributed by atoms with Crippen molar-refractivity contribution in [2.24, 2.45) is 5.73 Å². The molecule has 1 unspecified atom stereocenters. The molecule has 1 saturated heterocycles. The normalized spacial score (nSPS) is 16.5. The Morgan fingerprint density at radius 1 is 1.53 bits per heavy atom. The highest BCUT2D eigenvalue weighted by atomic mass is 32.2. The number of hydrogen-bond donors (Lipinski definition) is 2. The van der Waals surface area contributed by atoms with Crippen molar-refractivity contribution in [1.29, 1.82) is 0 Å². The van der Waals surface area contributed by atoms with Crippen LogP contribution in [0.3, 0.4) is 0 Å². The lowest BCUT2D eigenvalue weighted by molar-refractivity contribution is -0.138. The molecule has 0 radical (unpaired) electrons. The van der Waals surface area contributed by atoms with Gasteiger partial charge in [-0.1, -0.05) is 6.07 Å². The fraction of sp³-hybridized carbons (Fsp3) is 0.462. The van der Waals surface area contributed by atoms with Gasteiger partial charge in [0.1, 0.15) is 6.10 Å². The predicted octanol–water partition coefficient (Wildman–Crippen LogP) is 1.32. The second kappa shape index (κ2) is 6.16. The van der Waals surface area contributed by atoms with Crippen LogP contribution in [0.1, 0.15) is 11.5 Å². The lowest BCUT2D eigenvalue weighted by atomic mass is 9.99. The SMILES string of the molecule is COc1ccc(C(CN)C(=O)O)cc1OC1CSC1. The highest BCUT2D eigenvalue weighted by Crippen LogP contribution is 2.34. The van der Waals surface area contributed by atoms with Gasteiger partial charge in [-0.05, 0) is 17.7 Å². The number of ether oxygens (including phenoxy) is 2. The van der Waals surface area contributed by atoms with Gasteiger partial charge in [-0.15, -0.1) is 0 Å². The van der Waals surface area contributed by atoms with E-state index in [1.54, 1.807) is 25.3 Å². The van der Waals surface area contributed by atoms with Crippen LogP contribution in [-0.4, -0.2) is 42.3 Å². The van der Waals surface area contributed by atoms with Crippen molar-refractivity contribution in [3.8, 4) is 11.5 Å². The molecule has 19 heavy (non-hydrogen) atoms. The minimum absolute atomic E-state index is 0.0559. The van der Waals surface area contributed by atoms with E-state index >= 15 is 0 Å². The van der Waals surface area contributed by atoms with Crippen LogP contribution < -0.4 is 15.2 Å².